The molecule has 2 aliphatic carbocycles. The number of nitrogens with one attached hydrogen (secondary N) is 1. The fraction of sp³-hybridized carbons (Fsp3) is 0.435. The van der Waals surface area contributed by atoms with Gasteiger partial charge >= 0.3 is 0 Å². The molecule has 0 aromatic heterocycles. The summed E-state index contributed by atoms with van der Waals surface area (Å²) in [4.78, 5) is 11.1. The van der Waals surface area contributed by atoms with E-state index in [2.05, 4.69) is 68.4 Å². The van der Waals surface area contributed by atoms with Gasteiger partial charge in [0.1, 0.15) is 5.78 Å². The van der Waals surface area contributed by atoms with Crippen molar-refractivity contribution < 1.29 is 4.79 Å². The number of hydrogen-bond donors (Lipinski definition) is 1. The van der Waals surface area contributed by atoms with Crippen LogP contribution >= 0.6 is 31.9 Å². The predicted octanol–water partition coefficient (Wildman–Crippen LogP) is 5.81. The summed E-state index contributed by atoms with van der Waals surface area (Å²) in [6, 6.07) is 13.6. The quantitative estimate of drug-likeness (QED) is 0.585. The Bertz CT molecular complexity index is 803. The van der Waals surface area contributed by atoms with Gasteiger partial charge in [-0.3, -0.25) is 4.79 Å². The van der Waals surface area contributed by atoms with Crippen molar-refractivity contribution in [1.82, 2.24) is 5.32 Å². The van der Waals surface area contributed by atoms with Crippen LogP contribution in [0.25, 0.3) is 0 Å². The second-order valence-corrected chi connectivity index (χ2v) is 9.27. The molecular weight excluding hydrogens is 466 g/mol. The molecule has 0 heterocycles. The Hall–Kier alpha value is -0.970. The van der Waals surface area contributed by atoms with Crippen LogP contribution in [0.1, 0.15) is 48.4 Å². The van der Waals surface area contributed by atoms with Crippen molar-refractivity contribution in [3.63, 3.8) is 0 Å². The molecule has 0 saturated carbocycles. The summed E-state index contributed by atoms with van der Waals surface area (Å²) in [6.07, 6.45) is 7.18. The molecule has 2 aromatic carbocycles. The Morgan fingerprint density at radius 2 is 1.59 bits per heavy atom. The summed E-state index contributed by atoms with van der Waals surface area (Å²) in [7, 11) is 0. The first kappa shape index (κ1) is 20.8. The number of hydrogen-bond acceptors (Lipinski definition) is 2. The maximum Gasteiger partial charge on any atom is 0.137 e. The van der Waals surface area contributed by atoms with Crippen LogP contribution in [0, 0.1) is 0 Å². The summed E-state index contributed by atoms with van der Waals surface area (Å²) in [5, 5.41) is 3.62. The minimum Gasteiger partial charge on any atom is -0.314 e. The third-order valence-corrected chi connectivity index (χ3v) is 6.30. The van der Waals surface area contributed by atoms with Crippen molar-refractivity contribution >= 4 is 37.6 Å². The lowest BCUT2D eigenvalue weighted by molar-refractivity contribution is -0.118. The van der Waals surface area contributed by atoms with Crippen molar-refractivity contribution in [2.45, 2.75) is 57.9 Å². The van der Waals surface area contributed by atoms with Gasteiger partial charge in [0.25, 0.3) is 0 Å². The fourth-order valence-electron chi connectivity index (χ4n) is 3.83. The zero-order valence-electron chi connectivity index (χ0n) is 15.9. The van der Waals surface area contributed by atoms with Gasteiger partial charge in [-0.05, 0) is 85.2 Å². The van der Waals surface area contributed by atoms with E-state index in [1.807, 2.05) is 12.1 Å². The first-order valence-electron chi connectivity index (χ1n) is 9.85. The highest BCUT2D eigenvalue weighted by Gasteiger charge is 2.17. The van der Waals surface area contributed by atoms with Crippen molar-refractivity contribution in [3.05, 3.63) is 67.6 Å². The average molecular weight is 493 g/mol. The lowest BCUT2D eigenvalue weighted by Gasteiger charge is -2.25. The molecule has 1 N–H and O–H groups in total. The second-order valence-electron chi connectivity index (χ2n) is 7.44. The van der Waals surface area contributed by atoms with Gasteiger partial charge in [-0.25, -0.2) is 0 Å². The Morgan fingerprint density at radius 3 is 2.30 bits per heavy atom. The van der Waals surface area contributed by atoms with E-state index >= 15 is 0 Å². The Kier molecular flexibility index (Phi) is 7.68. The average Bonchev–Trinajstić information content (AvgIpc) is 2.66. The highest BCUT2D eigenvalue weighted by Crippen LogP contribution is 2.25. The molecule has 2 aliphatic rings. The van der Waals surface area contributed by atoms with Crippen molar-refractivity contribution in [3.8, 4) is 0 Å². The van der Waals surface area contributed by atoms with E-state index in [4.69, 9.17) is 0 Å². The Labute approximate surface area is 179 Å². The number of Topliss-reactive ketones (excluding diaryl/α,β-unsaturated/α-hetero) is 1. The van der Waals surface area contributed by atoms with Crippen LogP contribution in [-0.4, -0.2) is 18.4 Å². The van der Waals surface area contributed by atoms with E-state index < -0.39 is 0 Å². The largest absolute Gasteiger partial charge is 0.314 e. The summed E-state index contributed by atoms with van der Waals surface area (Å²) >= 11 is 6.94. The summed E-state index contributed by atoms with van der Waals surface area (Å²) < 4.78 is 2.27. The standard InChI is InChI=1S/C13H18BrN.C10H9BrO/c1-2-7-15-13-6-4-10-3-5-12(14)8-11(10)9-13;11-9-3-1-7-2-4-10(12)6-8(7)5-9/h3,5,8,13,15H,2,4,6-7,9H2,1H3;1,3,5H,2,4,6H2. The number of carbonyl (C=O) groups is 1. The number of halogens is 2. The van der Waals surface area contributed by atoms with Crippen LogP contribution in [0.2, 0.25) is 0 Å². The number of rotatable bonds is 3. The summed E-state index contributed by atoms with van der Waals surface area (Å²) in [6.45, 7) is 3.37. The van der Waals surface area contributed by atoms with Crippen LogP contribution in [0.15, 0.2) is 45.3 Å². The van der Waals surface area contributed by atoms with Gasteiger partial charge in [0.05, 0.1) is 0 Å². The molecule has 2 aromatic rings. The van der Waals surface area contributed by atoms with E-state index in [9.17, 15) is 4.79 Å². The second kappa shape index (κ2) is 9.99. The Balaban J connectivity index is 0.000000159. The maximum absolute atomic E-state index is 11.1. The van der Waals surface area contributed by atoms with E-state index in [0.29, 0.717) is 24.7 Å². The summed E-state index contributed by atoms with van der Waals surface area (Å²) in [5.41, 5.74) is 5.58. The highest BCUT2D eigenvalue weighted by molar-refractivity contribution is 9.10. The molecule has 4 heteroatoms. The third kappa shape index (κ3) is 6.00. The van der Waals surface area contributed by atoms with Crippen LogP contribution in [-0.2, 0) is 30.5 Å². The molecule has 0 spiro atoms. The number of carbonyl (C=O) groups excluding carboxylic acids is 1. The highest BCUT2D eigenvalue weighted by atomic mass is 79.9. The molecule has 1 atom stereocenters. The van der Waals surface area contributed by atoms with Gasteiger partial charge in [-0.1, -0.05) is 50.9 Å². The number of fused-ring (bicyclic) bond motifs is 2. The molecule has 27 heavy (non-hydrogen) atoms. The first-order valence-corrected chi connectivity index (χ1v) is 11.4. The lowest BCUT2D eigenvalue weighted by atomic mass is 9.88. The topological polar surface area (TPSA) is 29.1 Å². The molecule has 0 fully saturated rings. The molecule has 4 rings (SSSR count). The summed E-state index contributed by atoms with van der Waals surface area (Å²) in [5.74, 6) is 0.362. The van der Waals surface area contributed by atoms with Crippen LogP contribution in [0.5, 0.6) is 0 Å². The fourth-order valence-corrected chi connectivity index (χ4v) is 4.64. The Morgan fingerprint density at radius 1 is 0.926 bits per heavy atom. The molecule has 0 aliphatic heterocycles. The zero-order chi connectivity index (χ0) is 19.2. The van der Waals surface area contributed by atoms with Crippen LogP contribution in [0.3, 0.4) is 0 Å². The van der Waals surface area contributed by atoms with E-state index in [1.54, 1.807) is 0 Å². The van der Waals surface area contributed by atoms with E-state index in [0.717, 1.165) is 17.4 Å². The number of ketones is 1. The van der Waals surface area contributed by atoms with Gasteiger partial charge < -0.3 is 5.32 Å². The van der Waals surface area contributed by atoms with Crippen LogP contribution < -0.4 is 5.32 Å². The van der Waals surface area contributed by atoms with Gasteiger partial charge in [-0.2, -0.15) is 0 Å². The number of benzene rings is 2. The molecule has 0 saturated heterocycles. The van der Waals surface area contributed by atoms with Gasteiger partial charge in [-0.15, -0.1) is 0 Å². The zero-order valence-corrected chi connectivity index (χ0v) is 19.0. The van der Waals surface area contributed by atoms with E-state index in [1.165, 1.54) is 52.4 Å². The van der Waals surface area contributed by atoms with Crippen molar-refractivity contribution in [1.29, 1.82) is 0 Å². The lowest BCUT2D eigenvalue weighted by Crippen LogP contribution is -2.34. The molecule has 1 unspecified atom stereocenters. The smallest absolute Gasteiger partial charge is 0.137 e. The van der Waals surface area contributed by atoms with Gasteiger partial charge in [0.15, 0.2) is 0 Å². The maximum atomic E-state index is 11.1. The monoisotopic (exact) mass is 491 g/mol. The van der Waals surface area contributed by atoms with Crippen LogP contribution in [0.4, 0.5) is 0 Å². The molecule has 0 amide bonds. The first-order chi connectivity index (χ1) is 13.0. The SMILES string of the molecule is CCCNC1CCc2ccc(Br)cc2C1.O=C1CCc2ccc(Br)cc2C1. The minimum absolute atomic E-state index is 0.362. The molecular formula is C23H27Br2NO. The number of aryl methyl sites for hydroxylation is 2. The predicted molar refractivity (Wildman–Crippen MR) is 119 cm³/mol. The van der Waals surface area contributed by atoms with Crippen molar-refractivity contribution in [2.24, 2.45) is 0 Å². The third-order valence-electron chi connectivity index (χ3n) is 5.31. The molecule has 2 nitrogen and oxygen atoms in total. The van der Waals surface area contributed by atoms with E-state index in [-0.39, 0.29) is 0 Å². The molecule has 0 radical (unpaired) electrons. The molecule has 144 valence electrons. The van der Waals surface area contributed by atoms with Gasteiger partial charge in [0.2, 0.25) is 0 Å². The van der Waals surface area contributed by atoms with Gasteiger partial charge in [0, 0.05) is 27.8 Å². The van der Waals surface area contributed by atoms with Crippen molar-refractivity contribution in [2.75, 3.05) is 6.54 Å². The minimum atomic E-state index is 0.362. The normalized spacial score (nSPS) is 18.2. The molecule has 0 bridgehead atoms.